The van der Waals surface area contributed by atoms with Gasteiger partial charge in [0, 0.05) is 18.9 Å². The summed E-state index contributed by atoms with van der Waals surface area (Å²) >= 11 is 6.32. The van der Waals surface area contributed by atoms with Crippen LogP contribution >= 0.6 is 11.6 Å². The smallest absolute Gasteiger partial charge is 0.0865 e. The van der Waals surface area contributed by atoms with Crippen molar-refractivity contribution in [3.05, 3.63) is 40.4 Å². The number of aliphatic hydroxyl groups is 1. The summed E-state index contributed by atoms with van der Waals surface area (Å²) in [6.07, 6.45) is 5.34. The van der Waals surface area contributed by atoms with Crippen molar-refractivity contribution in [1.82, 2.24) is 14.3 Å². The molecule has 1 unspecified atom stereocenters. The van der Waals surface area contributed by atoms with Crippen molar-refractivity contribution in [2.75, 3.05) is 0 Å². The summed E-state index contributed by atoms with van der Waals surface area (Å²) in [4.78, 5) is 0. The van der Waals surface area contributed by atoms with Crippen LogP contribution in [-0.2, 0) is 13.1 Å². The molecule has 2 heterocycles. The number of halogens is 1. The standard InChI is InChI=1S/C15H22ClN3O/c1-4-6-14(20)12-7-8-18(9-12)10-13-15(16)11(3)17-19(13)5-2/h7-9,14,20H,4-6,10H2,1-3H3. The average molecular weight is 296 g/mol. The molecule has 1 atom stereocenters. The maximum atomic E-state index is 10.0. The zero-order valence-corrected chi connectivity index (χ0v) is 13.1. The van der Waals surface area contributed by atoms with Gasteiger partial charge in [0.15, 0.2) is 0 Å². The average Bonchev–Trinajstić information content (AvgIpc) is 2.99. The second-order valence-corrected chi connectivity index (χ2v) is 5.46. The predicted octanol–water partition coefficient (Wildman–Crippen LogP) is 3.55. The van der Waals surface area contributed by atoms with E-state index < -0.39 is 0 Å². The zero-order chi connectivity index (χ0) is 14.7. The quantitative estimate of drug-likeness (QED) is 0.885. The van der Waals surface area contributed by atoms with Crippen LogP contribution in [0.15, 0.2) is 18.5 Å². The maximum Gasteiger partial charge on any atom is 0.0865 e. The zero-order valence-electron chi connectivity index (χ0n) is 12.3. The molecule has 5 heteroatoms. The number of hydrogen-bond acceptors (Lipinski definition) is 2. The molecule has 0 aliphatic heterocycles. The Hall–Kier alpha value is -1.26. The second kappa shape index (κ2) is 6.46. The number of rotatable bonds is 6. The van der Waals surface area contributed by atoms with Gasteiger partial charge in [-0.2, -0.15) is 5.10 Å². The summed E-state index contributed by atoms with van der Waals surface area (Å²) in [5.74, 6) is 0. The summed E-state index contributed by atoms with van der Waals surface area (Å²) in [6.45, 7) is 7.52. The van der Waals surface area contributed by atoms with Crippen molar-refractivity contribution in [1.29, 1.82) is 0 Å². The number of aromatic nitrogens is 3. The van der Waals surface area contributed by atoms with Crippen molar-refractivity contribution in [3.8, 4) is 0 Å². The third-order valence-corrected chi connectivity index (χ3v) is 4.00. The molecule has 0 bridgehead atoms. The molecule has 0 aliphatic carbocycles. The fourth-order valence-electron chi connectivity index (χ4n) is 2.39. The van der Waals surface area contributed by atoms with Crippen LogP contribution in [0.3, 0.4) is 0 Å². The Morgan fingerprint density at radius 1 is 1.40 bits per heavy atom. The number of nitrogens with zero attached hydrogens (tertiary/aromatic N) is 3. The summed E-state index contributed by atoms with van der Waals surface area (Å²) in [6, 6.07) is 1.97. The summed E-state index contributed by atoms with van der Waals surface area (Å²) in [5.41, 5.74) is 2.84. The van der Waals surface area contributed by atoms with E-state index >= 15 is 0 Å². The van der Waals surface area contributed by atoms with Gasteiger partial charge in [0.25, 0.3) is 0 Å². The molecule has 0 saturated carbocycles. The van der Waals surface area contributed by atoms with Gasteiger partial charge in [0.05, 0.1) is 29.1 Å². The topological polar surface area (TPSA) is 43.0 Å². The highest BCUT2D eigenvalue weighted by atomic mass is 35.5. The Balaban J connectivity index is 2.18. The molecule has 2 aromatic rings. The lowest BCUT2D eigenvalue weighted by Gasteiger charge is -2.08. The van der Waals surface area contributed by atoms with Gasteiger partial charge in [-0.25, -0.2) is 0 Å². The van der Waals surface area contributed by atoms with Crippen LogP contribution in [0.2, 0.25) is 5.02 Å². The number of aliphatic hydroxyl groups excluding tert-OH is 1. The lowest BCUT2D eigenvalue weighted by atomic mass is 10.1. The van der Waals surface area contributed by atoms with E-state index in [1.54, 1.807) is 0 Å². The Morgan fingerprint density at radius 3 is 2.80 bits per heavy atom. The molecule has 2 rings (SSSR count). The van der Waals surface area contributed by atoms with Gasteiger partial charge < -0.3 is 9.67 Å². The van der Waals surface area contributed by atoms with Crippen LogP contribution in [0.1, 0.15) is 49.7 Å². The van der Waals surface area contributed by atoms with E-state index in [2.05, 4.69) is 18.9 Å². The normalized spacial score (nSPS) is 12.8. The van der Waals surface area contributed by atoms with Gasteiger partial charge in [-0.05, 0) is 31.9 Å². The van der Waals surface area contributed by atoms with Crippen molar-refractivity contribution in [2.45, 2.75) is 52.8 Å². The Morgan fingerprint density at radius 2 is 2.15 bits per heavy atom. The molecule has 110 valence electrons. The molecule has 4 nitrogen and oxygen atoms in total. The highest BCUT2D eigenvalue weighted by molar-refractivity contribution is 6.31. The molecule has 20 heavy (non-hydrogen) atoms. The Bertz CT molecular complexity index is 574. The first-order chi connectivity index (χ1) is 9.56. The van der Waals surface area contributed by atoms with E-state index in [1.165, 1.54) is 0 Å². The highest BCUT2D eigenvalue weighted by Crippen LogP contribution is 2.23. The summed E-state index contributed by atoms with van der Waals surface area (Å²) in [7, 11) is 0. The van der Waals surface area contributed by atoms with E-state index in [-0.39, 0.29) is 6.10 Å². The van der Waals surface area contributed by atoms with Crippen LogP contribution in [0.4, 0.5) is 0 Å². The molecule has 0 saturated heterocycles. The number of aryl methyl sites for hydroxylation is 2. The minimum absolute atomic E-state index is 0.380. The fraction of sp³-hybridized carbons (Fsp3) is 0.533. The van der Waals surface area contributed by atoms with Gasteiger partial charge in [-0.1, -0.05) is 24.9 Å². The molecule has 0 radical (unpaired) electrons. The van der Waals surface area contributed by atoms with Gasteiger partial charge in [-0.3, -0.25) is 4.68 Å². The molecule has 0 amide bonds. The third kappa shape index (κ3) is 3.07. The molecular formula is C15H22ClN3O. The van der Waals surface area contributed by atoms with Crippen LogP contribution < -0.4 is 0 Å². The van der Waals surface area contributed by atoms with E-state index in [4.69, 9.17) is 11.6 Å². The Kier molecular flexibility index (Phi) is 4.89. The molecule has 0 aliphatic rings. The van der Waals surface area contributed by atoms with Gasteiger partial charge in [0.2, 0.25) is 0 Å². The van der Waals surface area contributed by atoms with Gasteiger partial charge in [-0.15, -0.1) is 0 Å². The second-order valence-electron chi connectivity index (χ2n) is 5.08. The van der Waals surface area contributed by atoms with Crippen LogP contribution in [0.5, 0.6) is 0 Å². The highest BCUT2D eigenvalue weighted by Gasteiger charge is 2.14. The summed E-state index contributed by atoms with van der Waals surface area (Å²) in [5, 5.41) is 15.2. The maximum absolute atomic E-state index is 10.0. The molecule has 2 aromatic heterocycles. The number of hydrogen-bond donors (Lipinski definition) is 1. The molecule has 0 fully saturated rings. The van der Waals surface area contributed by atoms with E-state index in [0.29, 0.717) is 6.54 Å². The van der Waals surface area contributed by atoms with Crippen molar-refractivity contribution in [2.24, 2.45) is 0 Å². The lowest BCUT2D eigenvalue weighted by Crippen LogP contribution is -2.07. The first-order valence-electron chi connectivity index (χ1n) is 7.12. The minimum Gasteiger partial charge on any atom is -0.388 e. The molecule has 0 spiro atoms. The SMILES string of the molecule is CCCC(O)c1ccn(Cc2c(Cl)c(C)nn2CC)c1. The van der Waals surface area contributed by atoms with E-state index in [1.807, 2.05) is 34.6 Å². The van der Waals surface area contributed by atoms with Gasteiger partial charge in [0.1, 0.15) is 0 Å². The first kappa shape index (κ1) is 15.1. The van der Waals surface area contributed by atoms with Crippen molar-refractivity contribution < 1.29 is 5.11 Å². The molecule has 0 aromatic carbocycles. The van der Waals surface area contributed by atoms with E-state index in [9.17, 15) is 5.11 Å². The Labute approximate surface area is 125 Å². The van der Waals surface area contributed by atoms with Crippen molar-refractivity contribution >= 4 is 11.6 Å². The fourth-order valence-corrected chi connectivity index (χ4v) is 2.58. The van der Waals surface area contributed by atoms with Crippen LogP contribution in [0.25, 0.3) is 0 Å². The third-order valence-electron chi connectivity index (χ3n) is 3.51. The van der Waals surface area contributed by atoms with Crippen molar-refractivity contribution in [3.63, 3.8) is 0 Å². The molecular weight excluding hydrogens is 274 g/mol. The lowest BCUT2D eigenvalue weighted by molar-refractivity contribution is 0.166. The summed E-state index contributed by atoms with van der Waals surface area (Å²) < 4.78 is 3.97. The van der Waals surface area contributed by atoms with Crippen LogP contribution in [0, 0.1) is 6.92 Å². The van der Waals surface area contributed by atoms with Gasteiger partial charge >= 0.3 is 0 Å². The predicted molar refractivity (Wildman–Crippen MR) is 81.0 cm³/mol. The van der Waals surface area contributed by atoms with Crippen LogP contribution in [-0.4, -0.2) is 19.5 Å². The monoisotopic (exact) mass is 295 g/mol. The van der Waals surface area contributed by atoms with E-state index in [0.717, 1.165) is 41.4 Å². The molecule has 1 N–H and O–H groups in total. The minimum atomic E-state index is -0.380. The first-order valence-corrected chi connectivity index (χ1v) is 7.50. The largest absolute Gasteiger partial charge is 0.388 e.